The number of halogens is 2. The Hall–Kier alpha value is -1.31. The van der Waals surface area contributed by atoms with E-state index in [1.807, 2.05) is 0 Å². The van der Waals surface area contributed by atoms with Crippen molar-refractivity contribution in [3.63, 3.8) is 0 Å². The standard InChI is InChI=1S/C12H11BrFN3O2/c13-7-1-2-8(9(14)5-7)12-16-11(17-19-12)10-6-18-4-3-15-10/h1-2,5,10,15H,3-4,6H2. The maximum absolute atomic E-state index is 13.8. The highest BCUT2D eigenvalue weighted by Crippen LogP contribution is 2.25. The first-order valence-corrected chi connectivity index (χ1v) is 6.63. The van der Waals surface area contributed by atoms with E-state index >= 15 is 0 Å². The number of nitrogens with one attached hydrogen (secondary N) is 1. The molecule has 5 nitrogen and oxygen atoms in total. The highest BCUT2D eigenvalue weighted by atomic mass is 79.9. The van der Waals surface area contributed by atoms with E-state index in [1.54, 1.807) is 12.1 Å². The SMILES string of the molecule is Fc1cc(Br)ccc1-c1nc(C2COCCN2)no1. The third kappa shape index (κ3) is 2.68. The van der Waals surface area contributed by atoms with Crippen LogP contribution in [-0.4, -0.2) is 29.9 Å². The topological polar surface area (TPSA) is 60.2 Å². The van der Waals surface area contributed by atoms with E-state index in [9.17, 15) is 4.39 Å². The predicted octanol–water partition coefficient (Wildman–Crippen LogP) is 2.30. The second-order valence-electron chi connectivity index (χ2n) is 4.16. The largest absolute Gasteiger partial charge is 0.378 e. The number of hydrogen-bond donors (Lipinski definition) is 1. The average molecular weight is 328 g/mol. The van der Waals surface area contributed by atoms with Gasteiger partial charge >= 0.3 is 0 Å². The van der Waals surface area contributed by atoms with Crippen LogP contribution in [0, 0.1) is 5.82 Å². The lowest BCUT2D eigenvalue weighted by molar-refractivity contribution is 0.0734. The zero-order valence-corrected chi connectivity index (χ0v) is 11.5. The molecule has 1 N–H and O–H groups in total. The minimum atomic E-state index is -0.405. The van der Waals surface area contributed by atoms with Gasteiger partial charge in [-0.05, 0) is 18.2 Å². The summed E-state index contributed by atoms with van der Waals surface area (Å²) in [4.78, 5) is 4.22. The smallest absolute Gasteiger partial charge is 0.260 e. The first-order chi connectivity index (χ1) is 9.24. The molecule has 3 rings (SSSR count). The minimum Gasteiger partial charge on any atom is -0.378 e. The van der Waals surface area contributed by atoms with Crippen molar-refractivity contribution in [2.24, 2.45) is 0 Å². The van der Waals surface area contributed by atoms with Gasteiger partial charge in [-0.2, -0.15) is 4.98 Å². The molecule has 1 aromatic carbocycles. The Kier molecular flexibility index (Phi) is 3.58. The molecule has 1 atom stereocenters. The van der Waals surface area contributed by atoms with Gasteiger partial charge in [0.25, 0.3) is 5.89 Å². The molecule has 1 fully saturated rings. The molecular formula is C12H11BrFN3O2. The van der Waals surface area contributed by atoms with Gasteiger partial charge in [0.1, 0.15) is 5.82 Å². The molecule has 1 aromatic heterocycles. The molecular weight excluding hydrogens is 317 g/mol. The Balaban J connectivity index is 1.87. The Morgan fingerprint density at radius 3 is 3.05 bits per heavy atom. The molecule has 7 heteroatoms. The van der Waals surface area contributed by atoms with Crippen LogP contribution in [0.1, 0.15) is 11.9 Å². The summed E-state index contributed by atoms with van der Waals surface area (Å²) in [6, 6.07) is 4.58. The third-order valence-electron chi connectivity index (χ3n) is 2.84. The van der Waals surface area contributed by atoms with Gasteiger partial charge in [-0.15, -0.1) is 0 Å². The molecule has 0 radical (unpaired) electrons. The highest BCUT2D eigenvalue weighted by molar-refractivity contribution is 9.10. The minimum absolute atomic E-state index is 0.107. The van der Waals surface area contributed by atoms with E-state index in [4.69, 9.17) is 9.26 Å². The Labute approximate surface area is 117 Å². The van der Waals surface area contributed by atoms with Crippen molar-refractivity contribution in [1.29, 1.82) is 0 Å². The van der Waals surface area contributed by atoms with Gasteiger partial charge in [0.2, 0.25) is 0 Å². The van der Waals surface area contributed by atoms with Crippen molar-refractivity contribution in [1.82, 2.24) is 15.5 Å². The summed E-state index contributed by atoms with van der Waals surface area (Å²) in [7, 11) is 0. The van der Waals surface area contributed by atoms with E-state index in [-0.39, 0.29) is 11.9 Å². The number of morpholine rings is 1. The Morgan fingerprint density at radius 1 is 1.42 bits per heavy atom. The van der Waals surface area contributed by atoms with Crippen molar-refractivity contribution < 1.29 is 13.7 Å². The number of ether oxygens (including phenoxy) is 1. The van der Waals surface area contributed by atoms with Crippen LogP contribution in [0.5, 0.6) is 0 Å². The molecule has 1 unspecified atom stereocenters. The lowest BCUT2D eigenvalue weighted by Crippen LogP contribution is -2.35. The lowest BCUT2D eigenvalue weighted by atomic mass is 10.2. The summed E-state index contributed by atoms with van der Waals surface area (Å²) in [5.74, 6) is 0.252. The summed E-state index contributed by atoms with van der Waals surface area (Å²) < 4.78 is 24.9. The van der Waals surface area contributed by atoms with Crippen LogP contribution in [0.2, 0.25) is 0 Å². The summed E-state index contributed by atoms with van der Waals surface area (Å²) in [6.07, 6.45) is 0. The molecule has 19 heavy (non-hydrogen) atoms. The molecule has 100 valence electrons. The molecule has 2 heterocycles. The van der Waals surface area contributed by atoms with Crippen LogP contribution in [-0.2, 0) is 4.74 Å². The van der Waals surface area contributed by atoms with Gasteiger partial charge in [0.15, 0.2) is 5.82 Å². The fourth-order valence-electron chi connectivity index (χ4n) is 1.88. The normalized spacial score (nSPS) is 19.6. The van der Waals surface area contributed by atoms with Gasteiger partial charge < -0.3 is 14.6 Å². The highest BCUT2D eigenvalue weighted by Gasteiger charge is 2.22. The van der Waals surface area contributed by atoms with E-state index in [0.717, 1.165) is 6.54 Å². The number of rotatable bonds is 2. The first-order valence-electron chi connectivity index (χ1n) is 5.84. The van der Waals surface area contributed by atoms with Crippen LogP contribution >= 0.6 is 15.9 Å². The lowest BCUT2D eigenvalue weighted by Gasteiger charge is -2.20. The van der Waals surface area contributed by atoms with E-state index in [2.05, 4.69) is 31.4 Å². The summed E-state index contributed by atoms with van der Waals surface area (Å²) in [5.41, 5.74) is 0.290. The predicted molar refractivity (Wildman–Crippen MR) is 69.0 cm³/mol. The van der Waals surface area contributed by atoms with Crippen molar-refractivity contribution in [3.05, 3.63) is 34.3 Å². The van der Waals surface area contributed by atoms with E-state index < -0.39 is 5.82 Å². The number of hydrogen-bond acceptors (Lipinski definition) is 5. The molecule has 0 saturated carbocycles. The van der Waals surface area contributed by atoms with Crippen LogP contribution in [0.3, 0.4) is 0 Å². The van der Waals surface area contributed by atoms with Crippen LogP contribution in [0.15, 0.2) is 27.2 Å². The maximum Gasteiger partial charge on any atom is 0.260 e. The molecule has 0 aliphatic carbocycles. The zero-order valence-electron chi connectivity index (χ0n) is 9.90. The monoisotopic (exact) mass is 327 g/mol. The summed E-state index contributed by atoms with van der Waals surface area (Å²) in [6.45, 7) is 1.89. The van der Waals surface area contributed by atoms with Gasteiger partial charge in [0.05, 0.1) is 24.8 Å². The van der Waals surface area contributed by atoms with Crippen LogP contribution in [0.25, 0.3) is 11.5 Å². The van der Waals surface area contributed by atoms with Gasteiger partial charge in [-0.1, -0.05) is 21.1 Å². The average Bonchev–Trinajstić information content (AvgIpc) is 2.89. The molecule has 1 aliphatic rings. The van der Waals surface area contributed by atoms with Crippen LogP contribution < -0.4 is 5.32 Å². The number of nitrogens with zero attached hydrogens (tertiary/aromatic N) is 2. The van der Waals surface area contributed by atoms with Crippen molar-refractivity contribution in [3.8, 4) is 11.5 Å². The number of aromatic nitrogens is 2. The van der Waals surface area contributed by atoms with E-state index in [0.29, 0.717) is 29.1 Å². The summed E-state index contributed by atoms with van der Waals surface area (Å²) >= 11 is 3.20. The van der Waals surface area contributed by atoms with Crippen molar-refractivity contribution in [2.45, 2.75) is 6.04 Å². The third-order valence-corrected chi connectivity index (χ3v) is 3.33. The van der Waals surface area contributed by atoms with Crippen LogP contribution in [0.4, 0.5) is 4.39 Å². The summed E-state index contributed by atoms with van der Waals surface area (Å²) in [5, 5.41) is 7.09. The first kappa shape index (κ1) is 12.7. The molecule has 2 aromatic rings. The molecule has 1 saturated heterocycles. The maximum atomic E-state index is 13.8. The molecule has 0 spiro atoms. The quantitative estimate of drug-likeness (QED) is 0.917. The second kappa shape index (κ2) is 5.36. The van der Waals surface area contributed by atoms with Crippen molar-refractivity contribution >= 4 is 15.9 Å². The van der Waals surface area contributed by atoms with Gasteiger partial charge in [-0.3, -0.25) is 0 Å². The van der Waals surface area contributed by atoms with Gasteiger partial charge in [-0.25, -0.2) is 4.39 Å². The molecule has 0 bridgehead atoms. The zero-order chi connectivity index (χ0) is 13.2. The Bertz CT molecular complexity index is 584. The van der Waals surface area contributed by atoms with E-state index in [1.165, 1.54) is 6.07 Å². The molecule has 0 amide bonds. The number of benzene rings is 1. The van der Waals surface area contributed by atoms with Gasteiger partial charge in [0, 0.05) is 11.0 Å². The fourth-order valence-corrected chi connectivity index (χ4v) is 2.21. The molecule has 1 aliphatic heterocycles. The Morgan fingerprint density at radius 2 is 2.32 bits per heavy atom. The fraction of sp³-hybridized carbons (Fsp3) is 0.333. The van der Waals surface area contributed by atoms with Crippen molar-refractivity contribution in [2.75, 3.05) is 19.8 Å². The second-order valence-corrected chi connectivity index (χ2v) is 5.08.